The molecule has 178 valence electrons. The number of halogens is 1. The molecule has 0 bridgehead atoms. The quantitative estimate of drug-likeness (QED) is 0.612. The van der Waals surface area contributed by atoms with E-state index in [0.717, 1.165) is 0 Å². The summed E-state index contributed by atoms with van der Waals surface area (Å²) >= 11 is 0. The Hall–Kier alpha value is -2.78. The maximum absolute atomic E-state index is 13.1. The van der Waals surface area contributed by atoms with Crippen LogP contribution in [0.4, 0.5) is 10.1 Å². The molecule has 1 heterocycles. The number of benzene rings is 2. The summed E-state index contributed by atoms with van der Waals surface area (Å²) in [4.78, 5) is 25.3. The number of hydrogen-bond donors (Lipinski definition) is 2. The lowest BCUT2D eigenvalue weighted by Gasteiger charge is -2.30. The number of piperidine rings is 1. The Labute approximate surface area is 194 Å². The van der Waals surface area contributed by atoms with Crippen molar-refractivity contribution in [2.24, 2.45) is 11.8 Å². The molecule has 2 aromatic carbocycles. The van der Waals surface area contributed by atoms with Gasteiger partial charge >= 0.3 is 0 Å². The van der Waals surface area contributed by atoms with Crippen LogP contribution in [-0.2, 0) is 20.6 Å². The van der Waals surface area contributed by atoms with Crippen molar-refractivity contribution in [3.05, 3.63) is 65.5 Å². The minimum absolute atomic E-state index is 0.205. The van der Waals surface area contributed by atoms with Gasteiger partial charge in [0.15, 0.2) is 0 Å². The van der Waals surface area contributed by atoms with E-state index in [2.05, 4.69) is 10.6 Å². The second-order valence-corrected chi connectivity index (χ2v) is 10.7. The Balaban J connectivity index is 1.58. The number of nitrogens with one attached hydrogen (secondary N) is 2. The van der Waals surface area contributed by atoms with Crippen LogP contribution in [0.1, 0.15) is 42.6 Å². The van der Waals surface area contributed by atoms with E-state index >= 15 is 0 Å². The van der Waals surface area contributed by atoms with Crippen LogP contribution in [0.2, 0.25) is 0 Å². The molecule has 2 amide bonds. The van der Waals surface area contributed by atoms with Gasteiger partial charge in [0.1, 0.15) is 5.82 Å². The highest BCUT2D eigenvalue weighted by molar-refractivity contribution is 7.88. The van der Waals surface area contributed by atoms with Crippen LogP contribution < -0.4 is 10.6 Å². The number of carbonyl (C=O) groups is 2. The average Bonchev–Trinajstić information content (AvgIpc) is 2.79. The minimum atomic E-state index is -3.56. The van der Waals surface area contributed by atoms with Gasteiger partial charge in [-0.05, 0) is 48.6 Å². The lowest BCUT2D eigenvalue weighted by molar-refractivity contribution is -0.120. The fraction of sp³-hybridized carbons (Fsp3) is 0.417. The van der Waals surface area contributed by atoms with Crippen molar-refractivity contribution in [1.29, 1.82) is 0 Å². The number of anilines is 1. The molecule has 0 spiro atoms. The van der Waals surface area contributed by atoms with E-state index in [1.54, 1.807) is 24.3 Å². The topological polar surface area (TPSA) is 95.6 Å². The van der Waals surface area contributed by atoms with Crippen molar-refractivity contribution in [2.75, 3.05) is 25.0 Å². The molecule has 0 atom stereocenters. The van der Waals surface area contributed by atoms with Gasteiger partial charge in [-0.15, -0.1) is 0 Å². The third kappa shape index (κ3) is 6.85. The Morgan fingerprint density at radius 2 is 1.70 bits per heavy atom. The Kier molecular flexibility index (Phi) is 8.20. The molecule has 3 rings (SSSR count). The molecule has 2 N–H and O–H groups in total. The van der Waals surface area contributed by atoms with E-state index in [9.17, 15) is 22.4 Å². The molecule has 7 nitrogen and oxygen atoms in total. The van der Waals surface area contributed by atoms with Crippen molar-refractivity contribution in [1.82, 2.24) is 9.62 Å². The monoisotopic (exact) mass is 475 g/mol. The summed E-state index contributed by atoms with van der Waals surface area (Å²) in [5.74, 6) is -1.14. The van der Waals surface area contributed by atoms with Gasteiger partial charge in [-0.2, -0.15) is 0 Å². The molecule has 9 heteroatoms. The smallest absolute Gasteiger partial charge is 0.253 e. The van der Waals surface area contributed by atoms with Crippen LogP contribution in [-0.4, -0.2) is 44.2 Å². The van der Waals surface area contributed by atoms with E-state index in [1.807, 2.05) is 13.8 Å². The summed E-state index contributed by atoms with van der Waals surface area (Å²) in [7, 11) is -3.56. The number of nitrogens with zero attached hydrogens (tertiary/aromatic N) is 1. The summed E-state index contributed by atoms with van der Waals surface area (Å²) in [6.45, 7) is 5.00. The first-order valence-corrected chi connectivity index (χ1v) is 12.7. The van der Waals surface area contributed by atoms with Gasteiger partial charge in [0.25, 0.3) is 5.91 Å². The van der Waals surface area contributed by atoms with Crippen LogP contribution in [0.5, 0.6) is 0 Å². The summed E-state index contributed by atoms with van der Waals surface area (Å²) < 4.78 is 39.9. The zero-order valence-electron chi connectivity index (χ0n) is 18.9. The van der Waals surface area contributed by atoms with E-state index in [4.69, 9.17) is 0 Å². The Bertz CT molecular complexity index is 1080. The van der Waals surface area contributed by atoms with E-state index < -0.39 is 15.8 Å². The van der Waals surface area contributed by atoms with Gasteiger partial charge in [-0.25, -0.2) is 17.1 Å². The first-order chi connectivity index (χ1) is 15.7. The first-order valence-electron chi connectivity index (χ1n) is 11.1. The minimum Gasteiger partial charge on any atom is -0.352 e. The normalized spacial score (nSPS) is 15.4. The average molecular weight is 476 g/mol. The second-order valence-electron chi connectivity index (χ2n) is 8.69. The second kappa shape index (κ2) is 10.9. The predicted octanol–water partition coefficient (Wildman–Crippen LogP) is 3.39. The zero-order chi connectivity index (χ0) is 24.0. The van der Waals surface area contributed by atoms with Crippen LogP contribution >= 0.6 is 0 Å². The number of carbonyl (C=O) groups excluding carboxylic acids is 2. The summed E-state index contributed by atoms with van der Waals surface area (Å²) in [5.41, 5.74) is 1.35. The maximum Gasteiger partial charge on any atom is 0.253 e. The van der Waals surface area contributed by atoms with Gasteiger partial charge in [0.05, 0.1) is 17.0 Å². The summed E-state index contributed by atoms with van der Waals surface area (Å²) in [6, 6.07) is 12.2. The van der Waals surface area contributed by atoms with Gasteiger partial charge in [0, 0.05) is 25.6 Å². The highest BCUT2D eigenvalue weighted by Gasteiger charge is 2.31. The van der Waals surface area contributed by atoms with E-state index in [-0.39, 0.29) is 36.6 Å². The fourth-order valence-corrected chi connectivity index (χ4v) is 5.26. The molecular formula is C24H30FN3O4S. The largest absolute Gasteiger partial charge is 0.352 e. The molecule has 1 aliphatic rings. The standard InChI is InChI=1S/C24H30FN3O4S/c1-17(2)15-26-24(30)21-5-3-4-6-22(21)27-23(29)19-11-13-28(14-12-19)33(31,32)16-18-7-9-20(25)10-8-18/h3-10,17,19H,11-16H2,1-2H3,(H,26,30)(H,27,29). The van der Waals surface area contributed by atoms with Crippen LogP contribution in [0.3, 0.4) is 0 Å². The van der Waals surface area contributed by atoms with Crippen molar-refractivity contribution in [2.45, 2.75) is 32.4 Å². The lowest BCUT2D eigenvalue weighted by atomic mass is 9.97. The number of hydrogen-bond acceptors (Lipinski definition) is 4. The first kappa shape index (κ1) is 24.9. The lowest BCUT2D eigenvalue weighted by Crippen LogP contribution is -2.42. The van der Waals surface area contributed by atoms with Crippen molar-refractivity contribution in [3.8, 4) is 0 Å². The summed E-state index contributed by atoms with van der Waals surface area (Å²) in [5, 5.41) is 5.70. The van der Waals surface area contributed by atoms with Crippen molar-refractivity contribution < 1.29 is 22.4 Å². The van der Waals surface area contributed by atoms with Gasteiger partial charge in [0.2, 0.25) is 15.9 Å². The third-order valence-electron chi connectivity index (χ3n) is 5.58. The highest BCUT2D eigenvalue weighted by Crippen LogP contribution is 2.24. The molecule has 1 aliphatic heterocycles. The molecule has 33 heavy (non-hydrogen) atoms. The van der Waals surface area contributed by atoms with Crippen molar-refractivity contribution in [3.63, 3.8) is 0 Å². The Morgan fingerprint density at radius 1 is 1.06 bits per heavy atom. The van der Waals surface area contributed by atoms with Gasteiger partial charge < -0.3 is 10.6 Å². The molecule has 0 saturated carbocycles. The molecular weight excluding hydrogens is 445 g/mol. The molecule has 0 unspecified atom stereocenters. The number of rotatable bonds is 8. The van der Waals surface area contributed by atoms with Crippen LogP contribution in [0.15, 0.2) is 48.5 Å². The number of amides is 2. The summed E-state index contributed by atoms with van der Waals surface area (Å²) in [6.07, 6.45) is 0.770. The third-order valence-corrected chi connectivity index (χ3v) is 7.43. The number of para-hydroxylation sites is 1. The molecule has 1 fully saturated rings. The van der Waals surface area contributed by atoms with E-state index in [1.165, 1.54) is 28.6 Å². The Morgan fingerprint density at radius 3 is 2.33 bits per heavy atom. The molecule has 0 aliphatic carbocycles. The van der Waals surface area contributed by atoms with E-state index in [0.29, 0.717) is 42.1 Å². The maximum atomic E-state index is 13.1. The SMILES string of the molecule is CC(C)CNC(=O)c1ccccc1NC(=O)C1CCN(S(=O)(=O)Cc2ccc(F)cc2)CC1. The van der Waals surface area contributed by atoms with Crippen LogP contribution in [0.25, 0.3) is 0 Å². The van der Waals surface area contributed by atoms with Gasteiger partial charge in [-0.1, -0.05) is 38.1 Å². The molecule has 0 radical (unpaired) electrons. The molecule has 0 aromatic heterocycles. The zero-order valence-corrected chi connectivity index (χ0v) is 19.7. The highest BCUT2D eigenvalue weighted by atomic mass is 32.2. The number of sulfonamides is 1. The molecule has 2 aromatic rings. The molecule has 1 saturated heterocycles. The van der Waals surface area contributed by atoms with Crippen molar-refractivity contribution >= 4 is 27.5 Å². The van der Waals surface area contributed by atoms with Gasteiger partial charge in [-0.3, -0.25) is 9.59 Å². The fourth-order valence-electron chi connectivity index (χ4n) is 3.70. The van der Waals surface area contributed by atoms with Crippen LogP contribution in [0, 0.1) is 17.7 Å². The predicted molar refractivity (Wildman–Crippen MR) is 126 cm³/mol.